The van der Waals surface area contributed by atoms with Gasteiger partial charge in [0.15, 0.2) is 12.0 Å². The topological polar surface area (TPSA) is 208 Å². The second-order valence-corrected chi connectivity index (χ2v) is 14.3. The minimum absolute atomic E-state index is 0.0581. The number of esters is 2. The van der Waals surface area contributed by atoms with E-state index in [0.29, 0.717) is 12.8 Å². The van der Waals surface area contributed by atoms with Gasteiger partial charge in [-0.1, -0.05) is 109 Å². The van der Waals surface area contributed by atoms with Gasteiger partial charge in [0.05, 0.1) is 18.8 Å². The van der Waals surface area contributed by atoms with Gasteiger partial charge < -0.3 is 40.6 Å². The lowest BCUT2D eigenvalue weighted by atomic mass is 10.1. The van der Waals surface area contributed by atoms with Gasteiger partial charge in [-0.2, -0.15) is 11.8 Å². The summed E-state index contributed by atoms with van der Waals surface area (Å²) >= 11 is 1.30. The van der Waals surface area contributed by atoms with Crippen LogP contribution in [0.2, 0.25) is 0 Å². The van der Waals surface area contributed by atoms with Crippen molar-refractivity contribution in [1.29, 1.82) is 0 Å². The maximum Gasteiger partial charge on any atom is 0.306 e. The predicted octanol–water partition coefficient (Wildman–Crippen LogP) is 4.41. The third kappa shape index (κ3) is 17.8. The van der Waals surface area contributed by atoms with Crippen LogP contribution >= 0.6 is 11.8 Å². The van der Waals surface area contributed by atoms with E-state index in [1.165, 1.54) is 82.2 Å². The summed E-state index contributed by atoms with van der Waals surface area (Å²) in [4.78, 5) is 37.9. The fraction of sp³-hybridized carbons (Fsp3) is 0.857. The number of ether oxygens (including phenoxy) is 3. The molecular formula is C35H63N5O9S. The summed E-state index contributed by atoms with van der Waals surface area (Å²) in [6.07, 6.45) is 14.5. The van der Waals surface area contributed by atoms with E-state index in [-0.39, 0.29) is 35.9 Å². The predicted molar refractivity (Wildman–Crippen MR) is 192 cm³/mol. The third-order valence-corrected chi connectivity index (χ3v) is 9.88. The van der Waals surface area contributed by atoms with E-state index in [0.717, 1.165) is 43.2 Å². The molecule has 288 valence electrons. The smallest absolute Gasteiger partial charge is 0.306 e. The Morgan fingerprint density at radius 2 is 1.44 bits per heavy atom. The fourth-order valence-corrected chi connectivity index (χ4v) is 6.57. The zero-order valence-electron chi connectivity index (χ0n) is 30.2. The Bertz CT molecular complexity index is 1080. The second kappa shape index (κ2) is 26.5. The van der Waals surface area contributed by atoms with Crippen LogP contribution in [-0.2, 0) is 28.6 Å². The van der Waals surface area contributed by atoms with E-state index < -0.39 is 49.2 Å². The van der Waals surface area contributed by atoms with Crippen LogP contribution in [0.5, 0.6) is 0 Å². The van der Waals surface area contributed by atoms with Gasteiger partial charge in [0, 0.05) is 24.3 Å². The Hall–Kier alpha value is -2.30. The van der Waals surface area contributed by atoms with Crippen LogP contribution in [0.3, 0.4) is 0 Å². The van der Waals surface area contributed by atoms with Crippen LogP contribution in [0.1, 0.15) is 136 Å². The number of anilines is 1. The maximum atomic E-state index is 12.7. The van der Waals surface area contributed by atoms with Crippen molar-refractivity contribution in [1.82, 2.24) is 15.0 Å². The van der Waals surface area contributed by atoms with Crippen molar-refractivity contribution in [2.75, 3.05) is 30.0 Å². The molecule has 0 spiro atoms. The molecule has 6 atom stereocenters. The van der Waals surface area contributed by atoms with Gasteiger partial charge in [-0.3, -0.25) is 14.4 Å². The molecule has 1 fully saturated rings. The molecular weight excluding hydrogens is 666 g/mol. The average Bonchev–Trinajstić information content (AvgIpc) is 3.68. The highest BCUT2D eigenvalue weighted by Crippen LogP contribution is 2.29. The van der Waals surface area contributed by atoms with E-state index >= 15 is 0 Å². The summed E-state index contributed by atoms with van der Waals surface area (Å²) in [5.41, 5.74) is 6.12. The standard InChI is InChI=1S/C35H63N5O9S/c1-3-5-7-9-11-13-15-17-19-30(42)47-23-26(48-31(43)20-18-16-14-12-10-8-6-4-2)24-50-25-27(36)34(46)37-29-21-40(39-38-29)35-33(45)32(44)28(22-41)49-35/h21,26-28,32-33,35,41,44-45H,3-20,22-25,36H2,1-2H3,(H,37,46)/t26-,27-,28?,32-,33+,35+/m1/s1. The lowest BCUT2D eigenvalue weighted by Gasteiger charge is -2.19. The number of amides is 1. The summed E-state index contributed by atoms with van der Waals surface area (Å²) in [6, 6.07) is -0.947. The van der Waals surface area contributed by atoms with Crippen molar-refractivity contribution < 1.29 is 43.9 Å². The molecule has 1 aliphatic heterocycles. The zero-order chi connectivity index (χ0) is 36.6. The Morgan fingerprint density at radius 1 is 0.880 bits per heavy atom. The molecule has 1 amide bonds. The highest BCUT2D eigenvalue weighted by atomic mass is 32.2. The largest absolute Gasteiger partial charge is 0.462 e. The summed E-state index contributed by atoms with van der Waals surface area (Å²) in [6.45, 7) is 3.85. The van der Waals surface area contributed by atoms with Crippen LogP contribution < -0.4 is 11.1 Å². The number of carbonyl (C=O) groups excluding carboxylic acids is 3. The molecule has 0 aliphatic carbocycles. The summed E-state index contributed by atoms with van der Waals surface area (Å²) in [5, 5.41) is 39.7. The van der Waals surface area contributed by atoms with Crippen molar-refractivity contribution in [2.24, 2.45) is 5.73 Å². The number of nitrogens with zero attached hydrogens (tertiary/aromatic N) is 3. The maximum absolute atomic E-state index is 12.7. The lowest BCUT2D eigenvalue weighted by Crippen LogP contribution is -2.38. The number of hydrogen-bond acceptors (Lipinski definition) is 13. The number of nitrogens with two attached hydrogens (primary N) is 1. The quantitative estimate of drug-likeness (QED) is 0.0573. The van der Waals surface area contributed by atoms with Crippen molar-refractivity contribution >= 4 is 35.4 Å². The molecule has 15 heteroatoms. The van der Waals surface area contributed by atoms with Crippen molar-refractivity contribution in [3.8, 4) is 0 Å². The van der Waals surface area contributed by atoms with Gasteiger partial charge >= 0.3 is 11.9 Å². The molecule has 1 saturated heterocycles. The number of hydrogen-bond donors (Lipinski definition) is 5. The molecule has 0 radical (unpaired) electrons. The van der Waals surface area contributed by atoms with E-state index in [4.69, 9.17) is 19.9 Å². The first-order valence-electron chi connectivity index (χ1n) is 18.7. The molecule has 1 aromatic rings. The molecule has 2 heterocycles. The van der Waals surface area contributed by atoms with Gasteiger partial charge in [0.25, 0.3) is 0 Å². The van der Waals surface area contributed by atoms with Crippen LogP contribution in [0.4, 0.5) is 5.82 Å². The molecule has 0 saturated carbocycles. The number of nitrogens with one attached hydrogen (secondary N) is 1. The number of rotatable bonds is 29. The molecule has 1 aliphatic rings. The van der Waals surface area contributed by atoms with Crippen LogP contribution in [0, 0.1) is 0 Å². The molecule has 14 nitrogen and oxygen atoms in total. The van der Waals surface area contributed by atoms with E-state index in [1.54, 1.807) is 0 Å². The summed E-state index contributed by atoms with van der Waals surface area (Å²) in [7, 11) is 0. The third-order valence-electron chi connectivity index (χ3n) is 8.67. The summed E-state index contributed by atoms with van der Waals surface area (Å²) < 4.78 is 17.8. The average molecular weight is 730 g/mol. The van der Waals surface area contributed by atoms with Gasteiger partial charge in [0.2, 0.25) is 5.91 Å². The highest BCUT2D eigenvalue weighted by Gasteiger charge is 2.44. The Balaban J connectivity index is 1.78. The number of aliphatic hydroxyl groups excluding tert-OH is 3. The van der Waals surface area contributed by atoms with Crippen LogP contribution in [0.15, 0.2) is 6.20 Å². The molecule has 2 rings (SSSR count). The van der Waals surface area contributed by atoms with Crippen molar-refractivity contribution in [2.45, 2.75) is 166 Å². The van der Waals surface area contributed by atoms with Gasteiger partial charge in [0.1, 0.15) is 31.0 Å². The highest BCUT2D eigenvalue weighted by molar-refractivity contribution is 7.99. The van der Waals surface area contributed by atoms with E-state index in [1.807, 2.05) is 0 Å². The van der Waals surface area contributed by atoms with E-state index in [2.05, 4.69) is 29.5 Å². The van der Waals surface area contributed by atoms with Gasteiger partial charge in [-0.25, -0.2) is 4.68 Å². The minimum atomic E-state index is -1.34. The van der Waals surface area contributed by atoms with Crippen LogP contribution in [0.25, 0.3) is 0 Å². The van der Waals surface area contributed by atoms with Crippen molar-refractivity contribution in [3.63, 3.8) is 0 Å². The normalized spacial score (nSPS) is 20.0. The minimum Gasteiger partial charge on any atom is -0.462 e. The molecule has 50 heavy (non-hydrogen) atoms. The second-order valence-electron chi connectivity index (χ2n) is 13.2. The Kier molecular flexibility index (Phi) is 23.2. The molecule has 0 aromatic carbocycles. The number of thioether (sulfide) groups is 1. The number of aromatic nitrogens is 3. The molecule has 6 N–H and O–H groups in total. The number of unbranched alkanes of at least 4 members (excludes halogenated alkanes) is 14. The van der Waals surface area contributed by atoms with Gasteiger partial charge in [-0.15, -0.1) is 5.10 Å². The summed E-state index contributed by atoms with van der Waals surface area (Å²) in [5.74, 6) is -0.648. The monoisotopic (exact) mass is 729 g/mol. The zero-order valence-corrected chi connectivity index (χ0v) is 31.0. The van der Waals surface area contributed by atoms with Crippen molar-refractivity contribution in [3.05, 3.63) is 6.20 Å². The fourth-order valence-electron chi connectivity index (χ4n) is 5.60. The first-order valence-corrected chi connectivity index (χ1v) is 19.9. The Labute approximate surface area is 301 Å². The van der Waals surface area contributed by atoms with Crippen LogP contribution in [-0.4, -0.2) is 103 Å². The molecule has 1 unspecified atom stereocenters. The lowest BCUT2D eigenvalue weighted by molar-refractivity contribution is -0.157. The first kappa shape index (κ1) is 43.9. The van der Waals surface area contributed by atoms with E-state index in [9.17, 15) is 29.7 Å². The number of aliphatic hydroxyl groups is 3. The van der Waals surface area contributed by atoms with Gasteiger partial charge in [-0.05, 0) is 12.8 Å². The first-order chi connectivity index (χ1) is 24.2. The molecule has 0 bridgehead atoms. The SMILES string of the molecule is CCCCCCCCCCC(=O)OC[C@H](CSC[C@@H](N)C(=O)Nc1cn([C@H]2OC(CO)[C@@H](O)[C@@H]2O)nn1)OC(=O)CCCCCCCCCC. The Morgan fingerprint density at radius 3 is 2.00 bits per heavy atom. The molecule has 1 aromatic heterocycles. The number of carbonyl (C=O) groups is 3.